The van der Waals surface area contributed by atoms with Crippen molar-refractivity contribution in [1.29, 1.82) is 0 Å². The Balaban J connectivity index is 3.28. The first kappa shape index (κ1) is 9.91. The minimum Gasteiger partial charge on any atom is -0.398 e. The maximum absolute atomic E-state index is 12.3. The number of nitrogen functional groups attached to an aromatic ring is 1. The largest absolute Gasteiger partial charge is 0.398 e. The normalized spacial score (nSPS) is 10.8. The minimum absolute atomic E-state index is 0.0191. The molecule has 0 fully saturated rings. The molecule has 0 saturated heterocycles. The molecule has 0 aliphatic carbocycles. The Morgan fingerprint density at radius 3 is 2.58 bits per heavy atom. The van der Waals surface area contributed by atoms with Gasteiger partial charge in [-0.1, -0.05) is 11.6 Å². The molecule has 2 N–H and O–H groups in total. The van der Waals surface area contributed by atoms with Crippen LogP contribution >= 0.6 is 34.2 Å². The molecule has 0 radical (unpaired) electrons. The fourth-order valence-electron chi connectivity index (χ4n) is 0.727. The van der Waals surface area contributed by atoms with Crippen molar-refractivity contribution in [2.24, 2.45) is 0 Å². The van der Waals surface area contributed by atoms with Gasteiger partial charge in [0.25, 0.3) is 6.43 Å². The summed E-state index contributed by atoms with van der Waals surface area (Å²) in [6.07, 6.45) is -2.61. The lowest BCUT2D eigenvalue weighted by molar-refractivity contribution is 0.151. The number of hydrogen-bond acceptors (Lipinski definition) is 2. The van der Waals surface area contributed by atoms with E-state index < -0.39 is 6.43 Å². The van der Waals surface area contributed by atoms with Crippen molar-refractivity contribution in [3.8, 4) is 0 Å². The maximum Gasteiger partial charge on any atom is 0.268 e. The van der Waals surface area contributed by atoms with Crippen molar-refractivity contribution < 1.29 is 8.78 Å². The predicted octanol–water partition coefficient (Wildman–Crippen LogP) is 2.86. The Bertz CT molecular complexity index is 283. The molecule has 0 amide bonds. The van der Waals surface area contributed by atoms with Crippen LogP contribution in [0.5, 0.6) is 0 Å². The van der Waals surface area contributed by atoms with Crippen LogP contribution in [0.3, 0.4) is 0 Å². The first-order valence-electron chi connectivity index (χ1n) is 2.92. The van der Waals surface area contributed by atoms with Crippen molar-refractivity contribution >= 4 is 39.9 Å². The Morgan fingerprint density at radius 2 is 2.17 bits per heavy atom. The number of rotatable bonds is 1. The SMILES string of the molecule is Nc1cc(Cl)nc(I)c1C(F)F. The standard InChI is InChI=1S/C6H4ClF2IN2/c7-3-1-2(11)4(5(8)9)6(10)12-3/h1,5H,(H2,11,12). The lowest BCUT2D eigenvalue weighted by Crippen LogP contribution is -2.00. The van der Waals surface area contributed by atoms with Gasteiger partial charge in [0.15, 0.2) is 0 Å². The number of nitrogens with two attached hydrogens (primary N) is 1. The number of aromatic nitrogens is 1. The predicted molar refractivity (Wildman–Crippen MR) is 51.3 cm³/mol. The van der Waals surface area contributed by atoms with Gasteiger partial charge in [-0.25, -0.2) is 13.8 Å². The smallest absolute Gasteiger partial charge is 0.268 e. The van der Waals surface area contributed by atoms with E-state index in [1.165, 1.54) is 6.07 Å². The molecule has 0 aromatic carbocycles. The van der Waals surface area contributed by atoms with E-state index in [2.05, 4.69) is 4.98 Å². The van der Waals surface area contributed by atoms with E-state index in [1.54, 1.807) is 22.6 Å². The molecule has 1 aromatic heterocycles. The van der Waals surface area contributed by atoms with Crippen LogP contribution in [-0.2, 0) is 0 Å². The van der Waals surface area contributed by atoms with Crippen molar-refractivity contribution in [2.45, 2.75) is 6.43 Å². The van der Waals surface area contributed by atoms with Crippen LogP contribution in [-0.4, -0.2) is 4.98 Å². The van der Waals surface area contributed by atoms with Crippen LogP contribution in [0.2, 0.25) is 5.15 Å². The number of anilines is 1. The van der Waals surface area contributed by atoms with Gasteiger partial charge in [-0.15, -0.1) is 0 Å². The third-order valence-corrected chi connectivity index (χ3v) is 2.25. The molecule has 6 heteroatoms. The highest BCUT2D eigenvalue weighted by Gasteiger charge is 2.16. The monoisotopic (exact) mass is 304 g/mol. The van der Waals surface area contributed by atoms with E-state index in [0.717, 1.165) is 0 Å². The molecule has 1 rings (SSSR count). The fourth-order valence-corrected chi connectivity index (χ4v) is 1.88. The Hall–Kier alpha value is -0.170. The zero-order valence-corrected chi connectivity index (χ0v) is 8.60. The molecule has 0 aliphatic rings. The summed E-state index contributed by atoms with van der Waals surface area (Å²) in [5.41, 5.74) is 5.04. The summed E-state index contributed by atoms with van der Waals surface area (Å²) in [5.74, 6) is 0. The van der Waals surface area contributed by atoms with Crippen LogP contribution in [0.1, 0.15) is 12.0 Å². The first-order valence-corrected chi connectivity index (χ1v) is 4.37. The zero-order chi connectivity index (χ0) is 9.30. The summed E-state index contributed by atoms with van der Waals surface area (Å²) in [6, 6.07) is 1.21. The molecule has 0 atom stereocenters. The van der Waals surface area contributed by atoms with E-state index in [9.17, 15) is 8.78 Å². The summed E-state index contributed by atoms with van der Waals surface area (Å²) >= 11 is 7.16. The third-order valence-electron chi connectivity index (χ3n) is 1.23. The molecule has 2 nitrogen and oxygen atoms in total. The number of hydrogen-bond donors (Lipinski definition) is 1. The van der Waals surface area contributed by atoms with Gasteiger partial charge in [-0.2, -0.15) is 0 Å². The summed E-state index contributed by atoms with van der Waals surface area (Å²) in [6.45, 7) is 0. The highest BCUT2D eigenvalue weighted by molar-refractivity contribution is 14.1. The molecule has 0 saturated carbocycles. The number of pyridine rings is 1. The first-order chi connectivity index (χ1) is 5.52. The van der Waals surface area contributed by atoms with E-state index in [4.69, 9.17) is 17.3 Å². The Kier molecular flexibility index (Phi) is 3.05. The maximum atomic E-state index is 12.3. The van der Waals surface area contributed by atoms with Gasteiger partial charge in [0, 0.05) is 5.69 Å². The molecule has 0 bridgehead atoms. The molecule has 12 heavy (non-hydrogen) atoms. The third kappa shape index (κ3) is 1.95. The molecule has 0 aliphatic heterocycles. The minimum atomic E-state index is -2.61. The lowest BCUT2D eigenvalue weighted by atomic mass is 10.2. The topological polar surface area (TPSA) is 38.9 Å². The molecule has 1 heterocycles. The summed E-state index contributed by atoms with van der Waals surface area (Å²) in [4.78, 5) is 3.65. The van der Waals surface area contributed by atoms with Crippen molar-refractivity contribution in [3.05, 3.63) is 20.5 Å². The molecular formula is C6H4ClF2IN2. The van der Waals surface area contributed by atoms with Gasteiger partial charge in [0.2, 0.25) is 0 Å². The second-order valence-electron chi connectivity index (χ2n) is 2.04. The van der Waals surface area contributed by atoms with E-state index >= 15 is 0 Å². The van der Waals surface area contributed by atoms with Gasteiger partial charge < -0.3 is 5.73 Å². The van der Waals surface area contributed by atoms with Crippen LogP contribution < -0.4 is 5.73 Å². The van der Waals surface area contributed by atoms with E-state index in [0.29, 0.717) is 0 Å². The fraction of sp³-hybridized carbons (Fsp3) is 0.167. The highest BCUT2D eigenvalue weighted by atomic mass is 127. The molecular weight excluding hydrogens is 300 g/mol. The zero-order valence-electron chi connectivity index (χ0n) is 5.69. The number of halogens is 4. The average Bonchev–Trinajstić information content (AvgIpc) is 1.82. The average molecular weight is 304 g/mol. The quantitative estimate of drug-likeness (QED) is 0.640. The van der Waals surface area contributed by atoms with Crippen molar-refractivity contribution in [3.63, 3.8) is 0 Å². The van der Waals surface area contributed by atoms with E-state index in [-0.39, 0.29) is 20.1 Å². The van der Waals surface area contributed by atoms with Crippen LogP contribution in [0, 0.1) is 3.70 Å². The highest BCUT2D eigenvalue weighted by Crippen LogP contribution is 2.30. The van der Waals surface area contributed by atoms with Gasteiger partial charge in [-0.3, -0.25) is 0 Å². The number of nitrogens with zero attached hydrogens (tertiary/aromatic N) is 1. The summed E-state index contributed by atoms with van der Waals surface area (Å²) < 4.78 is 24.7. The second kappa shape index (κ2) is 3.69. The lowest BCUT2D eigenvalue weighted by Gasteiger charge is -2.06. The van der Waals surface area contributed by atoms with Gasteiger partial charge >= 0.3 is 0 Å². The Morgan fingerprint density at radius 1 is 1.58 bits per heavy atom. The van der Waals surface area contributed by atoms with Crippen LogP contribution in [0.4, 0.5) is 14.5 Å². The van der Waals surface area contributed by atoms with Crippen LogP contribution in [0.15, 0.2) is 6.07 Å². The molecule has 66 valence electrons. The number of alkyl halides is 2. The molecule has 0 spiro atoms. The Labute approximate surface area is 86.3 Å². The summed E-state index contributed by atoms with van der Waals surface area (Å²) in [5, 5.41) is 0.126. The van der Waals surface area contributed by atoms with E-state index in [1.807, 2.05) is 0 Å². The van der Waals surface area contributed by atoms with Gasteiger partial charge in [0.05, 0.1) is 5.56 Å². The molecule has 1 aromatic rings. The summed E-state index contributed by atoms with van der Waals surface area (Å²) in [7, 11) is 0. The van der Waals surface area contributed by atoms with Gasteiger partial charge in [0.1, 0.15) is 8.85 Å². The molecule has 0 unspecified atom stereocenters. The van der Waals surface area contributed by atoms with Crippen molar-refractivity contribution in [1.82, 2.24) is 4.98 Å². The van der Waals surface area contributed by atoms with Crippen LogP contribution in [0.25, 0.3) is 0 Å². The second-order valence-corrected chi connectivity index (χ2v) is 3.45. The van der Waals surface area contributed by atoms with Crippen molar-refractivity contribution in [2.75, 3.05) is 5.73 Å². The van der Waals surface area contributed by atoms with Gasteiger partial charge in [-0.05, 0) is 28.7 Å².